The van der Waals surface area contributed by atoms with Crippen LogP contribution in [0.5, 0.6) is 0 Å². The summed E-state index contributed by atoms with van der Waals surface area (Å²) in [5.41, 5.74) is 13.1. The van der Waals surface area contributed by atoms with Gasteiger partial charge in [-0.25, -0.2) is 0 Å². The molecular formula is C42H33N. The Balaban J connectivity index is 1.78. The summed E-state index contributed by atoms with van der Waals surface area (Å²) in [6, 6.07) is 51.1. The van der Waals surface area contributed by atoms with E-state index < -0.39 is 0 Å². The van der Waals surface area contributed by atoms with E-state index in [1.54, 1.807) is 0 Å². The molecule has 0 heterocycles. The smallest absolute Gasteiger partial charge is 0.0546 e. The lowest BCUT2D eigenvalue weighted by atomic mass is 9.91. The first kappa shape index (κ1) is 27.5. The molecule has 0 aliphatic carbocycles. The fraction of sp³-hybridized carbons (Fsp3) is 0. The van der Waals surface area contributed by atoms with Gasteiger partial charge in [0.15, 0.2) is 0 Å². The van der Waals surface area contributed by atoms with Crippen LogP contribution in [0.25, 0.3) is 51.6 Å². The van der Waals surface area contributed by atoms with Crippen LogP contribution in [0, 0.1) is 0 Å². The van der Waals surface area contributed by atoms with E-state index in [1.165, 1.54) is 0 Å². The Morgan fingerprint density at radius 3 is 0.860 bits per heavy atom. The van der Waals surface area contributed by atoms with Gasteiger partial charge in [-0.05, 0) is 51.6 Å². The average Bonchev–Trinajstić information content (AvgIpc) is 3.09. The predicted molar refractivity (Wildman–Crippen MR) is 188 cm³/mol. The predicted octanol–water partition coefficient (Wildman–Crippen LogP) is 12.1. The molecule has 6 rings (SSSR count). The molecule has 1 heteroatoms. The first-order valence-corrected chi connectivity index (χ1v) is 14.5. The van der Waals surface area contributed by atoms with Crippen LogP contribution < -0.4 is 4.90 Å². The van der Waals surface area contributed by atoms with Gasteiger partial charge in [-0.2, -0.15) is 0 Å². The Hall–Kier alpha value is -5.66. The number of rotatable bonds is 9. The third-order valence-electron chi connectivity index (χ3n) is 7.79. The number of hydrogen-bond acceptors (Lipinski definition) is 1. The SMILES string of the molecule is C=Cc1cccc(N(c2cccc(C=C)c2-c2ccccc2)c2cccc(C=C)c2-c2ccccc2)c1-c1ccccc1. The van der Waals surface area contributed by atoms with E-state index in [4.69, 9.17) is 0 Å². The monoisotopic (exact) mass is 551 g/mol. The third kappa shape index (κ3) is 5.25. The summed E-state index contributed by atoms with van der Waals surface area (Å²) in [5, 5.41) is 0. The average molecular weight is 552 g/mol. The minimum atomic E-state index is 1.06. The van der Waals surface area contributed by atoms with Gasteiger partial charge in [-0.3, -0.25) is 0 Å². The second-order valence-electron chi connectivity index (χ2n) is 10.3. The van der Waals surface area contributed by atoms with Gasteiger partial charge in [0.2, 0.25) is 0 Å². The van der Waals surface area contributed by atoms with Crippen molar-refractivity contribution in [3.8, 4) is 33.4 Å². The molecule has 0 aliphatic heterocycles. The lowest BCUT2D eigenvalue weighted by molar-refractivity contribution is 1.28. The molecule has 0 spiro atoms. The highest BCUT2D eigenvalue weighted by Gasteiger charge is 2.25. The second-order valence-corrected chi connectivity index (χ2v) is 10.3. The number of hydrogen-bond donors (Lipinski definition) is 0. The second kappa shape index (κ2) is 12.5. The van der Waals surface area contributed by atoms with Gasteiger partial charge in [0.05, 0.1) is 17.1 Å². The fourth-order valence-corrected chi connectivity index (χ4v) is 5.89. The quantitative estimate of drug-likeness (QED) is 0.173. The van der Waals surface area contributed by atoms with Crippen LogP contribution in [0.1, 0.15) is 16.7 Å². The molecule has 0 radical (unpaired) electrons. The maximum absolute atomic E-state index is 4.20. The summed E-state index contributed by atoms with van der Waals surface area (Å²) in [6.07, 6.45) is 5.83. The molecule has 0 fully saturated rings. The van der Waals surface area contributed by atoms with Gasteiger partial charge >= 0.3 is 0 Å². The van der Waals surface area contributed by atoms with Gasteiger partial charge in [0, 0.05) is 16.7 Å². The number of anilines is 3. The Morgan fingerprint density at radius 2 is 0.605 bits per heavy atom. The molecule has 0 saturated carbocycles. The van der Waals surface area contributed by atoms with Crippen LogP contribution in [0.3, 0.4) is 0 Å². The summed E-state index contributed by atoms with van der Waals surface area (Å²) in [6.45, 7) is 12.6. The van der Waals surface area contributed by atoms with Crippen molar-refractivity contribution in [2.75, 3.05) is 4.90 Å². The standard InChI is InChI=1S/C42H33N/c1-4-31-25-16-28-37(40(31)34-19-10-7-11-20-34)43(38-29-17-26-32(5-2)41(38)35-21-12-8-13-22-35)39-30-18-27-33(6-3)42(39)36-23-14-9-15-24-36/h4-30H,1-3H2. The molecule has 1 nitrogen and oxygen atoms in total. The molecule has 0 aromatic heterocycles. The molecule has 0 bridgehead atoms. The van der Waals surface area contributed by atoms with E-state index in [1.807, 2.05) is 18.2 Å². The van der Waals surface area contributed by atoms with Crippen molar-refractivity contribution in [3.63, 3.8) is 0 Å². The Bertz CT molecular complexity index is 1670. The van der Waals surface area contributed by atoms with Crippen LogP contribution in [-0.2, 0) is 0 Å². The van der Waals surface area contributed by atoms with Crippen molar-refractivity contribution in [2.24, 2.45) is 0 Å². The Labute approximate surface area is 255 Å². The maximum Gasteiger partial charge on any atom is 0.0546 e. The zero-order valence-corrected chi connectivity index (χ0v) is 24.2. The van der Waals surface area contributed by atoms with Crippen molar-refractivity contribution in [1.82, 2.24) is 0 Å². The molecule has 206 valence electrons. The third-order valence-corrected chi connectivity index (χ3v) is 7.79. The molecular weight excluding hydrogens is 518 g/mol. The highest BCUT2D eigenvalue weighted by Crippen LogP contribution is 2.50. The molecule has 6 aromatic rings. The van der Waals surface area contributed by atoms with Crippen molar-refractivity contribution in [1.29, 1.82) is 0 Å². The molecule has 6 aromatic carbocycles. The lowest BCUT2D eigenvalue weighted by Gasteiger charge is -2.33. The van der Waals surface area contributed by atoms with E-state index in [2.05, 4.69) is 170 Å². The van der Waals surface area contributed by atoms with Crippen LogP contribution >= 0.6 is 0 Å². The van der Waals surface area contributed by atoms with Gasteiger partial charge in [-0.15, -0.1) is 0 Å². The van der Waals surface area contributed by atoms with E-state index in [9.17, 15) is 0 Å². The van der Waals surface area contributed by atoms with E-state index in [0.29, 0.717) is 0 Å². The molecule has 0 N–H and O–H groups in total. The zero-order valence-electron chi connectivity index (χ0n) is 24.2. The Morgan fingerprint density at radius 1 is 0.326 bits per heavy atom. The van der Waals surface area contributed by atoms with Crippen LogP contribution in [-0.4, -0.2) is 0 Å². The van der Waals surface area contributed by atoms with Crippen LogP contribution in [0.2, 0.25) is 0 Å². The van der Waals surface area contributed by atoms with E-state index >= 15 is 0 Å². The summed E-state index contributed by atoms with van der Waals surface area (Å²) >= 11 is 0. The largest absolute Gasteiger partial charge is 0.309 e. The van der Waals surface area contributed by atoms with Gasteiger partial charge < -0.3 is 4.90 Å². The highest BCUT2D eigenvalue weighted by atomic mass is 15.2. The van der Waals surface area contributed by atoms with Crippen molar-refractivity contribution in [3.05, 3.63) is 182 Å². The first-order valence-electron chi connectivity index (χ1n) is 14.5. The molecule has 43 heavy (non-hydrogen) atoms. The molecule has 0 aliphatic rings. The molecule has 0 unspecified atom stereocenters. The van der Waals surface area contributed by atoms with Crippen LogP contribution in [0.15, 0.2) is 165 Å². The summed E-state index contributed by atoms with van der Waals surface area (Å²) in [7, 11) is 0. The number of benzene rings is 6. The van der Waals surface area contributed by atoms with Crippen LogP contribution in [0.4, 0.5) is 17.1 Å². The highest BCUT2D eigenvalue weighted by molar-refractivity contribution is 6.01. The summed E-state index contributed by atoms with van der Waals surface area (Å²) in [5.74, 6) is 0. The van der Waals surface area contributed by atoms with Crippen molar-refractivity contribution >= 4 is 35.3 Å². The van der Waals surface area contributed by atoms with Gasteiger partial charge in [-0.1, -0.05) is 165 Å². The minimum absolute atomic E-state index is 1.06. The first-order chi connectivity index (χ1) is 21.2. The molecule has 0 saturated heterocycles. The molecule has 0 atom stereocenters. The number of nitrogens with zero attached hydrogens (tertiary/aromatic N) is 1. The van der Waals surface area contributed by atoms with Crippen molar-refractivity contribution in [2.45, 2.75) is 0 Å². The van der Waals surface area contributed by atoms with Crippen molar-refractivity contribution < 1.29 is 0 Å². The summed E-state index contributed by atoms with van der Waals surface area (Å²) < 4.78 is 0. The normalized spacial score (nSPS) is 10.6. The fourth-order valence-electron chi connectivity index (χ4n) is 5.89. The van der Waals surface area contributed by atoms with E-state index in [-0.39, 0.29) is 0 Å². The molecule has 0 amide bonds. The summed E-state index contributed by atoms with van der Waals surface area (Å²) in [4.78, 5) is 2.40. The van der Waals surface area contributed by atoms with E-state index in [0.717, 1.165) is 67.1 Å². The topological polar surface area (TPSA) is 3.24 Å². The van der Waals surface area contributed by atoms with Gasteiger partial charge in [0.1, 0.15) is 0 Å². The lowest BCUT2D eigenvalue weighted by Crippen LogP contribution is -2.15. The Kier molecular flexibility index (Phi) is 7.97. The van der Waals surface area contributed by atoms with Gasteiger partial charge in [0.25, 0.3) is 0 Å². The minimum Gasteiger partial charge on any atom is -0.309 e. The maximum atomic E-state index is 4.20. The zero-order chi connectivity index (χ0) is 29.6.